The molecule has 0 radical (unpaired) electrons. The number of halogens is 1. The minimum absolute atomic E-state index is 0. The Hall–Kier alpha value is -2.57. The van der Waals surface area contributed by atoms with E-state index < -0.39 is 5.91 Å². The van der Waals surface area contributed by atoms with Crippen LogP contribution in [-0.4, -0.2) is 17.9 Å². The van der Waals surface area contributed by atoms with E-state index in [1.807, 2.05) is 0 Å². The van der Waals surface area contributed by atoms with Gasteiger partial charge in [-0.1, -0.05) is 6.07 Å². The summed E-state index contributed by atoms with van der Waals surface area (Å²) >= 11 is 0. The van der Waals surface area contributed by atoms with Gasteiger partial charge >= 0.3 is 0 Å². The fourth-order valence-corrected chi connectivity index (χ4v) is 4.41. The Bertz CT molecular complexity index is 869. The number of fused-ring (bicyclic) bond motifs is 2. The lowest BCUT2D eigenvalue weighted by atomic mass is 9.84. The molecule has 2 fully saturated rings. The van der Waals surface area contributed by atoms with Crippen molar-refractivity contribution in [1.29, 1.82) is 0 Å². The third-order valence-corrected chi connectivity index (χ3v) is 5.76. The maximum absolute atomic E-state index is 12.6. The molecule has 148 valence electrons. The first kappa shape index (κ1) is 20.2. The third kappa shape index (κ3) is 3.98. The number of amides is 2. The molecule has 2 aliphatic rings. The zero-order valence-electron chi connectivity index (χ0n) is 15.3. The quantitative estimate of drug-likeness (QED) is 0.714. The molecule has 2 bridgehead atoms. The molecule has 0 spiro atoms. The fourth-order valence-electron chi connectivity index (χ4n) is 4.41. The van der Waals surface area contributed by atoms with Gasteiger partial charge in [0.15, 0.2) is 0 Å². The zero-order valence-corrected chi connectivity index (χ0v) is 16.2. The molecule has 2 aliphatic carbocycles. The molecule has 4 rings (SSSR count). The number of primary amides is 1. The largest absolute Gasteiger partial charge is 0.457 e. The van der Waals surface area contributed by atoms with Crippen LogP contribution in [0.4, 0.5) is 5.69 Å². The number of carbonyl (C=O) groups excluding carboxylic acids is 2. The molecule has 7 heteroatoms. The van der Waals surface area contributed by atoms with Crippen LogP contribution in [0.2, 0.25) is 0 Å². The number of nitrogens with two attached hydrogens (primary N) is 2. The normalized spacial score (nSPS) is 25.0. The monoisotopic (exact) mass is 401 g/mol. The minimum atomic E-state index is -0.502. The predicted molar refractivity (Wildman–Crippen MR) is 110 cm³/mol. The zero-order chi connectivity index (χ0) is 19.0. The number of benzene rings is 2. The highest BCUT2D eigenvalue weighted by molar-refractivity contribution is 5.94. The molecule has 5 N–H and O–H groups in total. The number of rotatable bonds is 5. The average molecular weight is 402 g/mol. The minimum Gasteiger partial charge on any atom is -0.457 e. The summed E-state index contributed by atoms with van der Waals surface area (Å²) in [5.74, 6) is 1.47. The lowest BCUT2D eigenvalue weighted by Gasteiger charge is -2.27. The number of nitrogens with one attached hydrogen (secondary N) is 1. The topological polar surface area (TPSA) is 107 Å². The van der Waals surface area contributed by atoms with Crippen LogP contribution in [0, 0.1) is 17.8 Å². The molecule has 28 heavy (non-hydrogen) atoms. The van der Waals surface area contributed by atoms with Crippen molar-refractivity contribution in [3.63, 3.8) is 0 Å². The summed E-state index contributed by atoms with van der Waals surface area (Å²) < 4.78 is 5.75. The Balaban J connectivity index is 0.00000225. The van der Waals surface area contributed by atoms with E-state index in [1.165, 1.54) is 0 Å². The highest BCUT2D eigenvalue weighted by Gasteiger charge is 2.49. The molecular formula is C21H24ClN3O3. The summed E-state index contributed by atoms with van der Waals surface area (Å²) in [6, 6.07) is 13.8. The maximum atomic E-state index is 12.6. The second kappa shape index (κ2) is 8.20. The summed E-state index contributed by atoms with van der Waals surface area (Å²) in [4.78, 5) is 23.9. The number of hydrogen-bond donors (Lipinski definition) is 3. The standard InChI is InChI=1S/C21H23N3O3.ClH/c22-19-13-5-4-12(10-13)18(19)21(26)24-15-6-8-16(9-7-15)27-17-3-1-2-14(11-17)20(23)25;/h1-3,6-9,11-13,18-19H,4-5,10,22H2,(H2,23,25)(H,24,26);1H. The van der Waals surface area contributed by atoms with Gasteiger partial charge in [-0.15, -0.1) is 12.4 Å². The highest BCUT2D eigenvalue weighted by Crippen LogP contribution is 2.47. The second-order valence-corrected chi connectivity index (χ2v) is 7.44. The van der Waals surface area contributed by atoms with Crippen LogP contribution < -0.4 is 21.5 Å². The van der Waals surface area contributed by atoms with Gasteiger partial charge in [-0.3, -0.25) is 9.59 Å². The third-order valence-electron chi connectivity index (χ3n) is 5.76. The SMILES string of the molecule is Cl.NC(=O)c1cccc(Oc2ccc(NC(=O)C3C4CCC(C4)C3N)cc2)c1. The van der Waals surface area contributed by atoms with Gasteiger partial charge in [-0.2, -0.15) is 0 Å². The van der Waals surface area contributed by atoms with Crippen molar-refractivity contribution >= 4 is 29.9 Å². The Morgan fingerprint density at radius 3 is 2.36 bits per heavy atom. The molecule has 2 saturated carbocycles. The number of carbonyl (C=O) groups is 2. The van der Waals surface area contributed by atoms with Gasteiger partial charge in [0.05, 0.1) is 5.92 Å². The number of anilines is 1. The van der Waals surface area contributed by atoms with E-state index in [0.29, 0.717) is 34.6 Å². The van der Waals surface area contributed by atoms with Crippen molar-refractivity contribution in [1.82, 2.24) is 0 Å². The summed E-state index contributed by atoms with van der Waals surface area (Å²) in [7, 11) is 0. The van der Waals surface area contributed by atoms with Crippen LogP contribution in [0.15, 0.2) is 48.5 Å². The van der Waals surface area contributed by atoms with Gasteiger partial charge in [-0.05, 0) is 73.6 Å². The Kier molecular flexibility index (Phi) is 5.91. The number of ether oxygens (including phenoxy) is 1. The molecular weight excluding hydrogens is 378 g/mol. The molecule has 4 unspecified atom stereocenters. The van der Waals surface area contributed by atoms with E-state index in [1.54, 1.807) is 48.5 Å². The second-order valence-electron chi connectivity index (χ2n) is 7.44. The van der Waals surface area contributed by atoms with Crippen molar-refractivity contribution in [2.45, 2.75) is 25.3 Å². The molecule has 2 aromatic carbocycles. The van der Waals surface area contributed by atoms with Crippen LogP contribution >= 0.6 is 12.4 Å². The molecule has 4 atom stereocenters. The van der Waals surface area contributed by atoms with Crippen molar-refractivity contribution in [2.24, 2.45) is 29.2 Å². The summed E-state index contributed by atoms with van der Waals surface area (Å²) in [6.45, 7) is 0. The molecule has 2 aromatic rings. The lowest BCUT2D eigenvalue weighted by Crippen LogP contribution is -2.42. The van der Waals surface area contributed by atoms with Crippen LogP contribution in [0.25, 0.3) is 0 Å². The van der Waals surface area contributed by atoms with E-state index in [0.717, 1.165) is 19.3 Å². The first-order chi connectivity index (χ1) is 13.0. The van der Waals surface area contributed by atoms with Crippen molar-refractivity contribution in [3.05, 3.63) is 54.1 Å². The van der Waals surface area contributed by atoms with E-state index >= 15 is 0 Å². The molecule has 0 aliphatic heterocycles. The van der Waals surface area contributed by atoms with Gasteiger partial charge in [0.1, 0.15) is 11.5 Å². The van der Waals surface area contributed by atoms with Gasteiger partial charge in [0.25, 0.3) is 0 Å². The fraction of sp³-hybridized carbons (Fsp3) is 0.333. The molecule has 6 nitrogen and oxygen atoms in total. The van der Waals surface area contributed by atoms with Gasteiger partial charge in [0.2, 0.25) is 11.8 Å². The Morgan fingerprint density at radius 2 is 1.71 bits per heavy atom. The molecule has 2 amide bonds. The van der Waals surface area contributed by atoms with Crippen LogP contribution in [0.3, 0.4) is 0 Å². The Labute approximate surface area is 170 Å². The van der Waals surface area contributed by atoms with E-state index in [-0.39, 0.29) is 30.3 Å². The predicted octanol–water partition coefficient (Wildman–Crippen LogP) is 3.31. The van der Waals surface area contributed by atoms with Crippen molar-refractivity contribution in [2.75, 3.05) is 5.32 Å². The average Bonchev–Trinajstić information content (AvgIpc) is 3.24. The maximum Gasteiger partial charge on any atom is 0.248 e. The Morgan fingerprint density at radius 1 is 1.00 bits per heavy atom. The summed E-state index contributed by atoms with van der Waals surface area (Å²) in [6.07, 6.45) is 3.34. The lowest BCUT2D eigenvalue weighted by molar-refractivity contribution is -0.121. The molecule has 0 heterocycles. The van der Waals surface area contributed by atoms with Crippen LogP contribution in [0.1, 0.15) is 29.6 Å². The highest BCUT2D eigenvalue weighted by atomic mass is 35.5. The van der Waals surface area contributed by atoms with Gasteiger partial charge < -0.3 is 21.5 Å². The smallest absolute Gasteiger partial charge is 0.248 e. The van der Waals surface area contributed by atoms with Crippen molar-refractivity contribution in [3.8, 4) is 11.5 Å². The summed E-state index contributed by atoms with van der Waals surface area (Å²) in [5, 5.41) is 2.98. The molecule has 0 aromatic heterocycles. The first-order valence-corrected chi connectivity index (χ1v) is 9.25. The van der Waals surface area contributed by atoms with Crippen molar-refractivity contribution < 1.29 is 14.3 Å². The summed E-state index contributed by atoms with van der Waals surface area (Å²) in [5.41, 5.74) is 12.6. The van der Waals surface area contributed by atoms with Gasteiger partial charge in [-0.25, -0.2) is 0 Å². The van der Waals surface area contributed by atoms with Gasteiger partial charge in [0, 0.05) is 17.3 Å². The van der Waals surface area contributed by atoms with E-state index in [2.05, 4.69) is 5.32 Å². The van der Waals surface area contributed by atoms with E-state index in [4.69, 9.17) is 16.2 Å². The van der Waals surface area contributed by atoms with Crippen LogP contribution in [-0.2, 0) is 4.79 Å². The van der Waals surface area contributed by atoms with Crippen LogP contribution in [0.5, 0.6) is 11.5 Å². The van der Waals surface area contributed by atoms with E-state index in [9.17, 15) is 9.59 Å². The first-order valence-electron chi connectivity index (χ1n) is 9.25. The number of hydrogen-bond acceptors (Lipinski definition) is 4. The molecule has 0 saturated heterocycles.